The molecule has 1 aliphatic rings. The molecule has 4 nitrogen and oxygen atoms in total. The molecule has 3 rings (SSSR count). The lowest BCUT2D eigenvalue weighted by atomic mass is 10.1. The number of benzene rings is 1. The number of piperidine rings is 1. The van der Waals surface area contributed by atoms with Gasteiger partial charge in [-0.3, -0.25) is 0 Å². The molecular formula is C16H20ClN3O. The van der Waals surface area contributed by atoms with Crippen LogP contribution in [0.5, 0.6) is 5.75 Å². The Morgan fingerprint density at radius 2 is 1.95 bits per heavy atom. The van der Waals surface area contributed by atoms with Crippen LogP contribution < -0.4 is 4.74 Å². The van der Waals surface area contributed by atoms with Crippen LogP contribution in [0.4, 0.5) is 0 Å². The smallest absolute Gasteiger partial charge is 0.176 e. The van der Waals surface area contributed by atoms with E-state index in [1.54, 1.807) is 6.20 Å². The van der Waals surface area contributed by atoms with Gasteiger partial charge in [0.2, 0.25) is 0 Å². The monoisotopic (exact) mass is 305 g/mol. The molecule has 1 aliphatic heterocycles. The van der Waals surface area contributed by atoms with Gasteiger partial charge in [-0.25, -0.2) is 4.68 Å². The maximum atomic E-state index is 6.42. The summed E-state index contributed by atoms with van der Waals surface area (Å²) in [6.07, 6.45) is 3.88. The van der Waals surface area contributed by atoms with E-state index in [9.17, 15) is 0 Å². The minimum atomic E-state index is 0.378. The van der Waals surface area contributed by atoms with Crippen molar-refractivity contribution in [1.82, 2.24) is 14.7 Å². The number of nitrogens with zero attached hydrogens (tertiary/aromatic N) is 3. The van der Waals surface area contributed by atoms with Crippen LogP contribution in [0.15, 0.2) is 36.5 Å². The quantitative estimate of drug-likeness (QED) is 0.867. The van der Waals surface area contributed by atoms with Crippen LogP contribution in [0.25, 0.3) is 0 Å². The van der Waals surface area contributed by atoms with E-state index in [1.807, 2.05) is 35.0 Å². The van der Waals surface area contributed by atoms with Crippen molar-refractivity contribution in [2.75, 3.05) is 20.1 Å². The Morgan fingerprint density at radius 3 is 2.67 bits per heavy atom. The fourth-order valence-electron chi connectivity index (χ4n) is 2.66. The normalized spacial score (nSPS) is 17.0. The van der Waals surface area contributed by atoms with E-state index in [1.165, 1.54) is 0 Å². The zero-order chi connectivity index (χ0) is 14.7. The summed E-state index contributed by atoms with van der Waals surface area (Å²) >= 11 is 6.42. The highest BCUT2D eigenvalue weighted by Gasteiger charge is 2.22. The number of aromatic nitrogens is 2. The molecule has 1 saturated heterocycles. The van der Waals surface area contributed by atoms with Crippen LogP contribution in [-0.4, -0.2) is 34.8 Å². The zero-order valence-electron chi connectivity index (χ0n) is 12.2. The molecule has 21 heavy (non-hydrogen) atoms. The molecule has 0 saturated carbocycles. The van der Waals surface area contributed by atoms with Crippen molar-refractivity contribution < 1.29 is 4.74 Å². The maximum absolute atomic E-state index is 6.42. The molecule has 2 aromatic rings. The summed E-state index contributed by atoms with van der Waals surface area (Å²) < 4.78 is 7.70. The topological polar surface area (TPSA) is 30.3 Å². The summed E-state index contributed by atoms with van der Waals surface area (Å²) in [5.41, 5.74) is 1.13. The first kappa shape index (κ1) is 14.4. The van der Waals surface area contributed by atoms with Crippen molar-refractivity contribution >= 4 is 11.6 Å². The fraction of sp³-hybridized carbons (Fsp3) is 0.438. The first-order chi connectivity index (χ1) is 10.2. The molecule has 2 heterocycles. The van der Waals surface area contributed by atoms with Crippen molar-refractivity contribution in [1.29, 1.82) is 0 Å². The number of ether oxygens (including phenoxy) is 1. The highest BCUT2D eigenvalue weighted by Crippen LogP contribution is 2.31. The first-order valence-electron chi connectivity index (χ1n) is 7.32. The van der Waals surface area contributed by atoms with E-state index < -0.39 is 0 Å². The standard InChI is InChI=1S/C16H20ClN3O/c1-19-9-7-14(8-10-19)20-16(17)15(11-18-20)21-12-13-5-3-2-4-6-13/h2-6,11,14H,7-10,12H2,1H3. The van der Waals surface area contributed by atoms with E-state index in [0.29, 0.717) is 23.6 Å². The Bertz CT molecular complexity index is 576. The van der Waals surface area contributed by atoms with Gasteiger partial charge in [0, 0.05) is 0 Å². The fourth-order valence-corrected chi connectivity index (χ4v) is 2.94. The van der Waals surface area contributed by atoms with Gasteiger partial charge in [-0.05, 0) is 38.5 Å². The number of rotatable bonds is 4. The SMILES string of the molecule is CN1CCC(n2ncc(OCc3ccccc3)c2Cl)CC1. The Labute approximate surface area is 130 Å². The third-order valence-corrected chi connectivity index (χ3v) is 4.33. The lowest BCUT2D eigenvalue weighted by molar-refractivity contribution is 0.212. The van der Waals surface area contributed by atoms with Gasteiger partial charge in [-0.2, -0.15) is 5.10 Å². The molecule has 0 amide bonds. The second-order valence-corrected chi connectivity index (χ2v) is 5.91. The predicted octanol–water partition coefficient (Wildman–Crippen LogP) is 3.38. The van der Waals surface area contributed by atoms with Crippen LogP contribution in [0.3, 0.4) is 0 Å². The van der Waals surface area contributed by atoms with Crippen LogP contribution in [-0.2, 0) is 6.61 Å². The largest absolute Gasteiger partial charge is 0.484 e. The highest BCUT2D eigenvalue weighted by molar-refractivity contribution is 6.31. The number of hydrogen-bond donors (Lipinski definition) is 0. The van der Waals surface area contributed by atoms with Crippen molar-refractivity contribution in [3.05, 3.63) is 47.2 Å². The van der Waals surface area contributed by atoms with Gasteiger partial charge in [-0.15, -0.1) is 0 Å². The van der Waals surface area contributed by atoms with Crippen molar-refractivity contribution in [2.24, 2.45) is 0 Å². The minimum absolute atomic E-state index is 0.378. The summed E-state index contributed by atoms with van der Waals surface area (Å²) in [4.78, 5) is 2.33. The Morgan fingerprint density at radius 1 is 1.24 bits per heavy atom. The van der Waals surface area contributed by atoms with Crippen LogP contribution in [0.1, 0.15) is 24.4 Å². The molecule has 112 valence electrons. The zero-order valence-corrected chi connectivity index (χ0v) is 13.0. The summed E-state index contributed by atoms with van der Waals surface area (Å²) in [6.45, 7) is 2.68. The van der Waals surface area contributed by atoms with Gasteiger partial charge >= 0.3 is 0 Å². The van der Waals surface area contributed by atoms with E-state index in [2.05, 4.69) is 17.0 Å². The maximum Gasteiger partial charge on any atom is 0.176 e. The summed E-state index contributed by atoms with van der Waals surface area (Å²) in [5, 5.41) is 5.03. The molecule has 0 atom stereocenters. The Kier molecular flexibility index (Phi) is 4.46. The minimum Gasteiger partial charge on any atom is -0.484 e. The molecule has 0 spiro atoms. The molecule has 0 N–H and O–H groups in total. The van der Waals surface area contributed by atoms with E-state index >= 15 is 0 Å². The summed E-state index contributed by atoms with van der Waals surface area (Å²) in [6, 6.07) is 10.5. The molecule has 0 unspecified atom stereocenters. The van der Waals surface area contributed by atoms with Crippen LogP contribution in [0, 0.1) is 0 Å². The van der Waals surface area contributed by atoms with Gasteiger partial charge in [0.1, 0.15) is 6.61 Å². The molecule has 0 radical (unpaired) electrons. The molecule has 1 aromatic carbocycles. The highest BCUT2D eigenvalue weighted by atomic mass is 35.5. The second kappa shape index (κ2) is 6.50. The summed E-state index contributed by atoms with van der Waals surface area (Å²) in [7, 11) is 2.15. The van der Waals surface area contributed by atoms with Crippen molar-refractivity contribution in [2.45, 2.75) is 25.5 Å². The molecule has 5 heteroatoms. The lowest BCUT2D eigenvalue weighted by Gasteiger charge is -2.29. The Hall–Kier alpha value is -1.52. The third kappa shape index (κ3) is 3.39. The van der Waals surface area contributed by atoms with Gasteiger partial charge in [0.15, 0.2) is 10.9 Å². The van der Waals surface area contributed by atoms with Gasteiger partial charge in [-0.1, -0.05) is 41.9 Å². The molecular weight excluding hydrogens is 286 g/mol. The van der Waals surface area contributed by atoms with Gasteiger partial charge in [0.05, 0.1) is 12.2 Å². The molecule has 1 fully saturated rings. The molecule has 0 aliphatic carbocycles. The second-order valence-electron chi connectivity index (χ2n) is 5.55. The first-order valence-corrected chi connectivity index (χ1v) is 7.70. The van der Waals surface area contributed by atoms with E-state index in [0.717, 1.165) is 31.5 Å². The number of likely N-dealkylation sites (tertiary alicyclic amines) is 1. The Balaban J connectivity index is 1.65. The van der Waals surface area contributed by atoms with Gasteiger partial charge in [0.25, 0.3) is 0 Å². The average Bonchev–Trinajstić information content (AvgIpc) is 2.88. The number of halogens is 1. The van der Waals surface area contributed by atoms with Crippen LogP contribution >= 0.6 is 11.6 Å². The third-order valence-electron chi connectivity index (χ3n) is 3.97. The van der Waals surface area contributed by atoms with Gasteiger partial charge < -0.3 is 9.64 Å². The van der Waals surface area contributed by atoms with E-state index in [-0.39, 0.29) is 0 Å². The predicted molar refractivity (Wildman–Crippen MR) is 83.8 cm³/mol. The average molecular weight is 306 g/mol. The van der Waals surface area contributed by atoms with Crippen molar-refractivity contribution in [3.63, 3.8) is 0 Å². The number of hydrogen-bond acceptors (Lipinski definition) is 3. The van der Waals surface area contributed by atoms with Crippen molar-refractivity contribution in [3.8, 4) is 5.75 Å². The lowest BCUT2D eigenvalue weighted by Crippen LogP contribution is -2.31. The summed E-state index contributed by atoms with van der Waals surface area (Å²) in [5.74, 6) is 0.666. The molecule has 0 bridgehead atoms. The van der Waals surface area contributed by atoms with E-state index in [4.69, 9.17) is 16.3 Å². The van der Waals surface area contributed by atoms with Crippen LogP contribution in [0.2, 0.25) is 5.15 Å². The molecule has 1 aromatic heterocycles.